The van der Waals surface area contributed by atoms with Crippen molar-refractivity contribution in [1.29, 1.82) is 0 Å². The summed E-state index contributed by atoms with van der Waals surface area (Å²) in [5.74, 6) is 5.90. The standard InChI is InChI=1S/C12H19Cl2N3O2S2/c1-21(18,19)17-4-2-3-8(7-17)5-10(16-15)9-6-11(13)20-12(9)14/h6,8,10,16H,2-5,7,15H2,1H3. The Balaban J connectivity index is 2.07. The van der Waals surface area contributed by atoms with E-state index in [0.29, 0.717) is 21.8 Å². The molecule has 0 bridgehead atoms. The maximum atomic E-state index is 11.7. The predicted molar refractivity (Wildman–Crippen MR) is 88.2 cm³/mol. The predicted octanol–water partition coefficient (Wildman–Crippen LogP) is 2.62. The van der Waals surface area contributed by atoms with Gasteiger partial charge in [-0.3, -0.25) is 11.3 Å². The lowest BCUT2D eigenvalue weighted by Crippen LogP contribution is -2.41. The Morgan fingerprint density at radius 3 is 2.81 bits per heavy atom. The highest BCUT2D eigenvalue weighted by molar-refractivity contribution is 7.88. The zero-order valence-corrected chi connectivity index (χ0v) is 14.8. The van der Waals surface area contributed by atoms with Crippen LogP contribution in [0.5, 0.6) is 0 Å². The molecule has 1 aliphatic heterocycles. The van der Waals surface area contributed by atoms with E-state index in [2.05, 4.69) is 5.43 Å². The van der Waals surface area contributed by atoms with Crippen LogP contribution in [-0.4, -0.2) is 32.1 Å². The van der Waals surface area contributed by atoms with E-state index >= 15 is 0 Å². The molecule has 9 heteroatoms. The molecule has 1 aromatic heterocycles. The quantitative estimate of drug-likeness (QED) is 0.616. The summed E-state index contributed by atoms with van der Waals surface area (Å²) in [6.45, 7) is 1.13. The van der Waals surface area contributed by atoms with Crippen molar-refractivity contribution in [3.8, 4) is 0 Å². The van der Waals surface area contributed by atoms with Crippen molar-refractivity contribution in [1.82, 2.24) is 9.73 Å². The molecular weight excluding hydrogens is 353 g/mol. The van der Waals surface area contributed by atoms with Gasteiger partial charge in [0.2, 0.25) is 10.0 Å². The summed E-state index contributed by atoms with van der Waals surface area (Å²) >= 11 is 13.4. The van der Waals surface area contributed by atoms with E-state index in [1.165, 1.54) is 21.9 Å². The van der Waals surface area contributed by atoms with Crippen LogP contribution < -0.4 is 11.3 Å². The minimum atomic E-state index is -3.13. The first kappa shape index (κ1) is 17.5. The van der Waals surface area contributed by atoms with Gasteiger partial charge in [-0.05, 0) is 31.2 Å². The summed E-state index contributed by atoms with van der Waals surface area (Å²) in [6.07, 6.45) is 3.84. The molecule has 5 nitrogen and oxygen atoms in total. The molecule has 2 rings (SSSR count). The molecule has 2 atom stereocenters. The molecule has 1 aliphatic rings. The summed E-state index contributed by atoms with van der Waals surface area (Å²) in [7, 11) is -3.13. The Kier molecular flexibility index (Phi) is 5.92. The van der Waals surface area contributed by atoms with Gasteiger partial charge in [0, 0.05) is 24.7 Å². The molecule has 2 heterocycles. The number of piperidine rings is 1. The molecule has 0 saturated carbocycles. The minimum absolute atomic E-state index is 0.120. The van der Waals surface area contributed by atoms with Gasteiger partial charge < -0.3 is 0 Å². The average molecular weight is 372 g/mol. The van der Waals surface area contributed by atoms with E-state index in [0.717, 1.165) is 24.8 Å². The first-order chi connectivity index (χ1) is 9.81. The number of thiophene rings is 1. The van der Waals surface area contributed by atoms with Crippen molar-refractivity contribution in [2.24, 2.45) is 11.8 Å². The fourth-order valence-corrected chi connectivity index (χ4v) is 5.25. The minimum Gasteiger partial charge on any atom is -0.271 e. The normalized spacial score (nSPS) is 22.4. The van der Waals surface area contributed by atoms with Crippen LogP contribution in [0.4, 0.5) is 0 Å². The van der Waals surface area contributed by atoms with Crippen molar-refractivity contribution >= 4 is 44.6 Å². The Bertz CT molecular complexity index is 591. The van der Waals surface area contributed by atoms with Gasteiger partial charge in [0.1, 0.15) is 0 Å². The topological polar surface area (TPSA) is 75.4 Å². The number of nitrogens with zero attached hydrogens (tertiary/aromatic N) is 1. The lowest BCUT2D eigenvalue weighted by Gasteiger charge is -2.32. The van der Waals surface area contributed by atoms with E-state index in [-0.39, 0.29) is 12.0 Å². The summed E-state index contributed by atoms with van der Waals surface area (Å²) in [5.41, 5.74) is 3.65. The third kappa shape index (κ3) is 4.54. The number of rotatable bonds is 5. The highest BCUT2D eigenvalue weighted by Crippen LogP contribution is 2.38. The van der Waals surface area contributed by atoms with Crippen molar-refractivity contribution in [3.63, 3.8) is 0 Å². The molecule has 120 valence electrons. The van der Waals surface area contributed by atoms with Crippen molar-refractivity contribution in [2.45, 2.75) is 25.3 Å². The summed E-state index contributed by atoms with van der Waals surface area (Å²) in [5, 5.41) is 0. The van der Waals surface area contributed by atoms with E-state index in [4.69, 9.17) is 29.0 Å². The molecule has 0 aliphatic carbocycles. The highest BCUT2D eigenvalue weighted by Gasteiger charge is 2.28. The van der Waals surface area contributed by atoms with E-state index in [1.54, 1.807) is 0 Å². The molecule has 0 spiro atoms. The van der Waals surface area contributed by atoms with Crippen LogP contribution in [-0.2, 0) is 10.0 Å². The maximum Gasteiger partial charge on any atom is 0.211 e. The van der Waals surface area contributed by atoms with Crippen LogP contribution in [0.15, 0.2) is 6.07 Å². The van der Waals surface area contributed by atoms with Crippen LogP contribution in [0.2, 0.25) is 8.67 Å². The van der Waals surface area contributed by atoms with Crippen molar-refractivity contribution in [2.75, 3.05) is 19.3 Å². The number of nitrogens with two attached hydrogens (primary N) is 1. The average Bonchev–Trinajstić information content (AvgIpc) is 2.74. The van der Waals surface area contributed by atoms with Gasteiger partial charge in [-0.1, -0.05) is 23.2 Å². The van der Waals surface area contributed by atoms with Gasteiger partial charge in [0.05, 0.1) is 14.9 Å². The van der Waals surface area contributed by atoms with Crippen LogP contribution in [0, 0.1) is 5.92 Å². The Labute approximate surface area is 139 Å². The fourth-order valence-electron chi connectivity index (χ4n) is 2.73. The second kappa shape index (κ2) is 7.12. The zero-order valence-electron chi connectivity index (χ0n) is 11.7. The first-order valence-corrected chi connectivity index (χ1v) is 10.1. The largest absolute Gasteiger partial charge is 0.271 e. The zero-order chi connectivity index (χ0) is 15.6. The van der Waals surface area contributed by atoms with Crippen LogP contribution in [0.25, 0.3) is 0 Å². The summed E-state index contributed by atoms with van der Waals surface area (Å²) < 4.78 is 26.1. The smallest absolute Gasteiger partial charge is 0.211 e. The monoisotopic (exact) mass is 371 g/mol. The number of nitrogens with one attached hydrogen (secondary N) is 1. The molecular formula is C12H19Cl2N3O2S2. The van der Waals surface area contributed by atoms with E-state index < -0.39 is 10.0 Å². The molecule has 21 heavy (non-hydrogen) atoms. The Morgan fingerprint density at radius 1 is 1.57 bits per heavy atom. The van der Waals surface area contributed by atoms with Crippen molar-refractivity contribution < 1.29 is 8.42 Å². The number of hydrazine groups is 1. The molecule has 2 unspecified atom stereocenters. The maximum absolute atomic E-state index is 11.7. The number of sulfonamides is 1. The third-order valence-electron chi connectivity index (χ3n) is 3.78. The third-order valence-corrected chi connectivity index (χ3v) is 6.57. The number of halogens is 2. The van der Waals surface area contributed by atoms with Gasteiger partial charge in [-0.2, -0.15) is 0 Å². The van der Waals surface area contributed by atoms with Crippen molar-refractivity contribution in [3.05, 3.63) is 20.3 Å². The van der Waals surface area contributed by atoms with Crippen LogP contribution >= 0.6 is 34.5 Å². The van der Waals surface area contributed by atoms with Gasteiger partial charge in [-0.25, -0.2) is 12.7 Å². The van der Waals surface area contributed by atoms with Gasteiger partial charge in [-0.15, -0.1) is 11.3 Å². The van der Waals surface area contributed by atoms with Gasteiger partial charge in [0.15, 0.2) is 0 Å². The summed E-state index contributed by atoms with van der Waals surface area (Å²) in [6, 6.07) is 1.70. The Hall–Kier alpha value is 0.110. The molecule has 0 aromatic carbocycles. The fraction of sp³-hybridized carbons (Fsp3) is 0.667. The van der Waals surface area contributed by atoms with Gasteiger partial charge >= 0.3 is 0 Å². The van der Waals surface area contributed by atoms with E-state index in [1.807, 2.05) is 6.07 Å². The lowest BCUT2D eigenvalue weighted by atomic mass is 9.90. The Morgan fingerprint density at radius 2 is 2.29 bits per heavy atom. The molecule has 1 fully saturated rings. The van der Waals surface area contributed by atoms with Crippen LogP contribution in [0.1, 0.15) is 30.9 Å². The molecule has 1 aromatic rings. The molecule has 1 saturated heterocycles. The summed E-state index contributed by atoms with van der Waals surface area (Å²) in [4.78, 5) is 0. The first-order valence-electron chi connectivity index (χ1n) is 6.67. The SMILES string of the molecule is CS(=O)(=O)N1CCCC(CC(NN)c2cc(Cl)sc2Cl)C1. The second-order valence-electron chi connectivity index (χ2n) is 5.36. The number of hydrogen-bond acceptors (Lipinski definition) is 5. The van der Waals surface area contributed by atoms with E-state index in [9.17, 15) is 8.42 Å². The molecule has 0 radical (unpaired) electrons. The van der Waals surface area contributed by atoms with Gasteiger partial charge in [0.25, 0.3) is 0 Å². The second-order valence-corrected chi connectivity index (χ2v) is 9.63. The molecule has 0 amide bonds. The molecule has 3 N–H and O–H groups in total. The highest BCUT2D eigenvalue weighted by atomic mass is 35.5. The number of hydrogen-bond donors (Lipinski definition) is 2. The van der Waals surface area contributed by atoms with Crippen LogP contribution in [0.3, 0.4) is 0 Å². The lowest BCUT2D eigenvalue weighted by molar-refractivity contribution is 0.238.